The quantitative estimate of drug-likeness (QED) is 0.0264. The number of alkyl halides is 3. The molecule has 3 aromatic carbocycles. The summed E-state index contributed by atoms with van der Waals surface area (Å²) in [7, 11) is 4.39. The second kappa shape index (κ2) is 50.5. The van der Waals surface area contributed by atoms with E-state index in [0.29, 0.717) is 38.0 Å². The molecule has 3 aromatic rings. The first kappa shape index (κ1) is 103. The lowest BCUT2D eigenvalue weighted by Crippen LogP contribution is -2.61. The number of aldehydes is 1. The largest absolute Gasteiger partial charge is 0.480 e. The highest BCUT2D eigenvalue weighted by atomic mass is 19.4. The second-order valence-corrected chi connectivity index (χ2v) is 31.8. The smallest absolute Gasteiger partial charge is 0.411 e. The molecule has 13 atom stereocenters. The number of Topliss-reactive ketones (excluding diaryl/α,β-unsaturated/α-hetero) is 1. The molecule has 2 fully saturated rings. The zero-order valence-corrected chi connectivity index (χ0v) is 70.5. The van der Waals surface area contributed by atoms with Gasteiger partial charge in [0.1, 0.15) is 66.6 Å². The van der Waals surface area contributed by atoms with Crippen LogP contribution in [0.15, 0.2) is 72.8 Å². The Kier molecular flexibility index (Phi) is 44.8. The minimum atomic E-state index is -4.40. The third kappa shape index (κ3) is 35.0. The van der Waals surface area contributed by atoms with Gasteiger partial charge in [0.25, 0.3) is 0 Å². The number of methoxy groups -OCH3 is 1. The number of rotatable bonds is 26. The number of hydrogen-bond acceptors (Lipinski definition) is 19. The molecule has 3 aliphatic carbocycles. The van der Waals surface area contributed by atoms with E-state index in [1.807, 2.05) is 57.2 Å². The molecule has 32 heteroatoms. The summed E-state index contributed by atoms with van der Waals surface area (Å²) in [4.78, 5) is 142. The minimum Gasteiger partial charge on any atom is -0.480 e. The van der Waals surface area contributed by atoms with Crippen LogP contribution in [0.5, 0.6) is 0 Å². The van der Waals surface area contributed by atoms with Gasteiger partial charge in [0, 0.05) is 57.9 Å². The number of carbonyl (C=O) groups is 11. The average molecular weight is 1640 g/mol. The zero-order chi connectivity index (χ0) is 86.7. The van der Waals surface area contributed by atoms with E-state index in [-0.39, 0.29) is 79.2 Å². The second-order valence-electron chi connectivity index (χ2n) is 31.8. The Morgan fingerprint density at radius 1 is 0.638 bits per heavy atom. The summed E-state index contributed by atoms with van der Waals surface area (Å²) >= 11 is 0. The summed E-state index contributed by atoms with van der Waals surface area (Å²) in [5.41, 5.74) is 5.98. The fourth-order valence-electron chi connectivity index (χ4n) is 12.8. The van der Waals surface area contributed by atoms with Crippen LogP contribution in [0.4, 0.5) is 22.8 Å². The van der Waals surface area contributed by atoms with E-state index in [9.17, 15) is 71.0 Å². The Hall–Kier alpha value is -9.13. The van der Waals surface area contributed by atoms with Gasteiger partial charge in [-0.2, -0.15) is 13.2 Å². The molecule has 8 amide bonds. The normalized spacial score (nSPS) is 19.5. The Morgan fingerprint density at radius 2 is 1.09 bits per heavy atom. The lowest BCUT2D eigenvalue weighted by atomic mass is 9.86. The third-order valence-corrected chi connectivity index (χ3v) is 20.0. The topological polar surface area (TPSA) is 415 Å². The van der Waals surface area contributed by atoms with Gasteiger partial charge < -0.3 is 86.6 Å². The van der Waals surface area contributed by atoms with Crippen LogP contribution < -0.4 is 32.7 Å². The van der Waals surface area contributed by atoms with Crippen molar-refractivity contribution in [1.82, 2.24) is 47.4 Å². The number of benzene rings is 3. The van der Waals surface area contributed by atoms with Gasteiger partial charge in [0.2, 0.25) is 41.5 Å². The summed E-state index contributed by atoms with van der Waals surface area (Å²) in [6, 6.07) is 18.8. The first-order chi connectivity index (χ1) is 54.0. The van der Waals surface area contributed by atoms with Crippen LogP contribution in [-0.4, -0.2) is 214 Å². The van der Waals surface area contributed by atoms with Crippen LogP contribution in [0.1, 0.15) is 231 Å². The molecular formula is C84H129F3N10O19. The molecule has 0 bridgehead atoms. The highest BCUT2D eigenvalue weighted by molar-refractivity contribution is 5.95. The molecule has 0 saturated carbocycles. The van der Waals surface area contributed by atoms with Gasteiger partial charge in [-0.1, -0.05) is 100 Å². The summed E-state index contributed by atoms with van der Waals surface area (Å²) in [6.45, 7) is 27.2. The molecule has 2 saturated heterocycles. The number of aryl methyl sites for hydroxylation is 3. The third-order valence-electron chi connectivity index (χ3n) is 20.0. The summed E-state index contributed by atoms with van der Waals surface area (Å²) < 4.78 is 53.2. The number of fused-ring (bicyclic) bond motifs is 4. The van der Waals surface area contributed by atoms with Crippen molar-refractivity contribution in [3.63, 3.8) is 0 Å². The van der Waals surface area contributed by atoms with Crippen LogP contribution >= 0.6 is 0 Å². The Bertz CT molecular complexity index is 3680. The number of likely N-dealkylation sites (N-methyl/N-ethyl adjacent to an activating group) is 2. The number of carboxylic acid groups (broad SMARTS) is 1. The number of amides is 8. The Labute approximate surface area is 681 Å². The van der Waals surface area contributed by atoms with E-state index in [0.717, 1.165) is 85.9 Å². The number of aliphatic hydroxyl groups excluding tert-OH is 3. The van der Waals surface area contributed by atoms with Crippen molar-refractivity contribution in [2.45, 2.75) is 283 Å². The molecule has 29 nitrogen and oxygen atoms in total. The molecule has 2 heterocycles. The Morgan fingerprint density at radius 3 is 1.51 bits per heavy atom. The summed E-state index contributed by atoms with van der Waals surface area (Å²) in [6.07, 6.45) is 8.26. The molecule has 4 unspecified atom stereocenters. The number of ether oxygens (including phenoxy) is 4. The number of carboxylic acids is 1. The highest BCUT2D eigenvalue weighted by Gasteiger charge is 2.48. The van der Waals surface area contributed by atoms with Crippen LogP contribution in [0.2, 0.25) is 0 Å². The summed E-state index contributed by atoms with van der Waals surface area (Å²) in [5.74, 6) is -4.03. The molecule has 0 radical (unpaired) electrons. The van der Waals surface area contributed by atoms with Gasteiger partial charge in [-0.25, -0.2) is 21.0 Å². The fraction of sp³-hybridized carbons (Fsp3) is 0.643. The molecule has 12 N–H and O–H groups in total. The maximum Gasteiger partial charge on any atom is 0.411 e. The predicted octanol–water partition coefficient (Wildman–Crippen LogP) is 10.5. The monoisotopic (exact) mass is 1640 g/mol. The molecule has 8 rings (SSSR count). The van der Waals surface area contributed by atoms with Crippen molar-refractivity contribution in [2.24, 2.45) is 17.8 Å². The summed E-state index contributed by atoms with van der Waals surface area (Å²) in [5, 5.41) is 48.6. The van der Waals surface area contributed by atoms with Crippen molar-refractivity contribution >= 4 is 65.7 Å². The van der Waals surface area contributed by atoms with Gasteiger partial charge in [-0.15, -0.1) is 0 Å². The number of ketones is 1. The lowest BCUT2D eigenvalue weighted by Gasteiger charge is -2.38. The van der Waals surface area contributed by atoms with Crippen molar-refractivity contribution in [1.29, 1.82) is 0 Å². The van der Waals surface area contributed by atoms with Crippen molar-refractivity contribution in [3.05, 3.63) is 118 Å². The SMILES string of the molecule is CC(C)CCC=O.CC[C@@H](C)C(=O)N[C@H]1CO[C@H]2CCC(C(=O)N[C@@H]3CCCc4ccccc43)N2C1=O.COC(C)CCC(CC(=O)[C@H](CO)NC(=O)[C@H](C)N(C)C(=O)OC(C)(C)C)C(=O)N[C@@H]1CCCc2ccccc21.C[C@@H](C(=O)N[C@@H](CO)C(=O)O)N(C)C(=O)OC(C)(C)C.N.OCC(F)(F)F.[C-]#[N+]C1CCCc2ccccc21. The number of nitrogens with zero attached hydrogens (tertiary/aromatic N) is 4. The average Bonchev–Trinajstić information content (AvgIpc) is 1.58. The van der Waals surface area contributed by atoms with Gasteiger partial charge >= 0.3 is 24.3 Å². The minimum absolute atomic E-state index is 0. The molecule has 650 valence electrons. The fourth-order valence-corrected chi connectivity index (χ4v) is 12.8. The first-order valence-corrected chi connectivity index (χ1v) is 39.6. The van der Waals surface area contributed by atoms with E-state index in [1.54, 1.807) is 53.6 Å². The predicted molar refractivity (Wildman–Crippen MR) is 430 cm³/mol. The number of nitrogens with one attached hydrogen (secondary N) is 5. The Balaban J connectivity index is 0.000000525. The number of hydrogen-bond donors (Lipinski definition) is 10. The lowest BCUT2D eigenvalue weighted by molar-refractivity contribution is -0.167. The van der Waals surface area contributed by atoms with Crippen LogP contribution in [0.3, 0.4) is 0 Å². The van der Waals surface area contributed by atoms with Gasteiger partial charge in [0.05, 0.1) is 38.0 Å². The zero-order valence-electron chi connectivity index (χ0n) is 70.5. The van der Waals surface area contributed by atoms with Crippen molar-refractivity contribution in [3.8, 4) is 0 Å². The first-order valence-electron chi connectivity index (χ1n) is 39.6. The number of carbonyl (C=O) groups excluding carboxylic acids is 10. The molecule has 0 spiro atoms. The van der Waals surface area contributed by atoms with E-state index in [2.05, 4.69) is 81.7 Å². The molecule has 2 aliphatic heterocycles. The number of aliphatic carboxylic acids is 1. The maximum absolute atomic E-state index is 13.5. The maximum atomic E-state index is 13.5. The van der Waals surface area contributed by atoms with Gasteiger partial charge in [0.15, 0.2) is 5.78 Å². The van der Waals surface area contributed by atoms with Gasteiger partial charge in [-0.3, -0.25) is 43.4 Å². The van der Waals surface area contributed by atoms with Crippen LogP contribution in [0, 0.1) is 24.3 Å². The van der Waals surface area contributed by atoms with Gasteiger partial charge in [-0.05, 0) is 186 Å². The van der Waals surface area contributed by atoms with E-state index >= 15 is 0 Å². The van der Waals surface area contributed by atoms with Crippen molar-refractivity contribution in [2.75, 3.05) is 47.6 Å². The number of halogens is 3. The van der Waals surface area contributed by atoms with E-state index < -0.39 is 115 Å². The van der Waals surface area contributed by atoms with E-state index in [4.69, 9.17) is 40.8 Å². The highest BCUT2D eigenvalue weighted by Crippen LogP contribution is 2.35. The molecular weight excluding hydrogens is 1510 g/mol. The van der Waals surface area contributed by atoms with Crippen LogP contribution in [0.25, 0.3) is 4.85 Å². The van der Waals surface area contributed by atoms with E-state index in [1.165, 1.54) is 62.2 Å². The molecule has 0 aromatic heterocycles. The van der Waals surface area contributed by atoms with Crippen LogP contribution in [-0.2, 0) is 81.4 Å². The molecule has 5 aliphatic rings. The standard InChI is InChI=1S/C30H47N3O7.C23H31N3O4.C12H22N2O6.C11H11N.C6H12O.C2H3F3O.H3N/c1-19(39-7)15-16-22(28(37)31-24-14-10-12-21-11-8-9-13-23(21)24)17-26(35)25(18-34)32-27(36)20(2)33(6)29(38)40-30(3,4)5;1-3-14(2)21(27)25-18-13-30-20-12-11-19(26(20)23(18)29)22(28)24-17-10-6-8-15-7-4-5-9-16(15)17;1-7(9(16)13-8(6-15)10(17)18)14(5)11(19)20-12(2,3)4;1-12-11-8-4-6-9-5-2-3-7-10(9)11;1-6(2)4-3-5-7;3-2(4,5)1-6;/h8-9,11,13,19-20,22,24-25,34H,10,12,14-18H2,1-7H3,(H,31,37)(H,32,36);4-5,7,9,14,17-20H,3,6,8,10-13H2,1-2H3,(H,24,28)(H,25,27);7-8,15H,6H2,1-5H3,(H,13,16)(H,17,18);2-3,5,7,11H,4,6,8H2;5-6H,3-4H2,1-2H3;6H,1H2;1H3/t19?,20-,22?,24+,25-;14-,17-,18+,19?,20+;7-,8-;;;;/m010..../s1. The van der Waals surface area contributed by atoms with Crippen molar-refractivity contribution < 1.29 is 105 Å². The number of aliphatic hydroxyl groups is 3. The molecule has 116 heavy (non-hydrogen) atoms.